The molecule has 0 amide bonds. The zero-order chi connectivity index (χ0) is 13.5. The Morgan fingerprint density at radius 1 is 0.882 bits per heavy atom. The van der Waals surface area contributed by atoms with Crippen LogP contribution in [0.5, 0.6) is 0 Å². The first-order valence-electron chi connectivity index (χ1n) is 3.62. The number of nitrogens with two attached hydrogens (primary N) is 1. The zero-order valence-corrected chi connectivity index (χ0v) is 9.29. The third-order valence-corrected chi connectivity index (χ3v) is 3.35. The molecule has 0 saturated carbocycles. The van der Waals surface area contributed by atoms with Gasteiger partial charge in [-0.15, -0.1) is 0 Å². The Morgan fingerprint density at radius 2 is 1.24 bits per heavy atom. The van der Waals surface area contributed by atoms with Gasteiger partial charge in [0, 0.05) is 0 Å². The number of hydrogen-bond donors (Lipinski definition) is 2. The van der Waals surface area contributed by atoms with Crippen LogP contribution in [0, 0.1) is 23.3 Å². The quantitative estimate of drug-likeness (QED) is 0.451. The average molecular weight is 293 g/mol. The van der Waals surface area contributed by atoms with Crippen LogP contribution in [0.3, 0.4) is 0 Å². The van der Waals surface area contributed by atoms with Gasteiger partial charge in [-0.25, -0.2) is 39.5 Å². The number of rotatable bonds is 2. The Hall–Kier alpha value is -1.20. The summed E-state index contributed by atoms with van der Waals surface area (Å²) in [6.45, 7) is 0. The summed E-state index contributed by atoms with van der Waals surface area (Å²) in [5.74, 6) is -9.46. The van der Waals surface area contributed by atoms with Gasteiger partial charge >= 0.3 is 0 Å². The largest absolute Gasteiger partial charge is 0.244 e. The SMILES string of the molecule is NS(=O)(=O)c1c(F)c(F)c([SH](=O)=O)c(F)c1F. The second-order valence-electron chi connectivity index (χ2n) is 2.74. The summed E-state index contributed by atoms with van der Waals surface area (Å²) in [6.07, 6.45) is 0. The molecule has 0 aliphatic carbocycles. The van der Waals surface area contributed by atoms with Gasteiger partial charge in [-0.1, -0.05) is 0 Å². The Bertz CT molecular complexity index is 630. The maximum Gasteiger partial charge on any atom is 0.244 e. The highest BCUT2D eigenvalue weighted by atomic mass is 32.2. The fourth-order valence-corrected chi connectivity index (χ4v) is 2.21. The molecule has 1 rings (SSSR count). The lowest BCUT2D eigenvalue weighted by Crippen LogP contribution is -2.19. The normalized spacial score (nSPS) is 12.1. The van der Waals surface area contributed by atoms with Gasteiger partial charge in [0.25, 0.3) is 0 Å². The van der Waals surface area contributed by atoms with Crippen molar-refractivity contribution in [3.8, 4) is 0 Å². The smallest absolute Gasteiger partial charge is 0.227 e. The van der Waals surface area contributed by atoms with Crippen LogP contribution in [0.25, 0.3) is 0 Å². The van der Waals surface area contributed by atoms with Crippen molar-refractivity contribution in [3.63, 3.8) is 0 Å². The number of sulfonamides is 1. The van der Waals surface area contributed by atoms with Crippen LogP contribution in [0.4, 0.5) is 17.6 Å². The molecule has 1 aromatic rings. The molecule has 0 aliphatic rings. The van der Waals surface area contributed by atoms with E-state index in [-0.39, 0.29) is 0 Å². The molecule has 0 unspecified atom stereocenters. The van der Waals surface area contributed by atoms with Crippen LogP contribution in [-0.2, 0) is 20.7 Å². The first kappa shape index (κ1) is 13.9. The molecule has 0 heterocycles. The number of thiol groups is 1. The average Bonchev–Trinajstić information content (AvgIpc) is 2.12. The van der Waals surface area contributed by atoms with Gasteiger partial charge in [-0.05, 0) is 0 Å². The van der Waals surface area contributed by atoms with Crippen molar-refractivity contribution in [2.24, 2.45) is 5.14 Å². The molecule has 2 N–H and O–H groups in total. The molecule has 17 heavy (non-hydrogen) atoms. The Labute approximate surface area is 93.9 Å². The van der Waals surface area contributed by atoms with Gasteiger partial charge in [0.2, 0.25) is 10.0 Å². The van der Waals surface area contributed by atoms with E-state index in [9.17, 15) is 34.4 Å². The Balaban J connectivity index is 3.97. The van der Waals surface area contributed by atoms with E-state index in [1.807, 2.05) is 0 Å². The van der Waals surface area contributed by atoms with E-state index in [0.717, 1.165) is 0 Å². The predicted octanol–water partition coefficient (Wildman–Crippen LogP) is -0.139. The molecule has 0 aromatic heterocycles. The van der Waals surface area contributed by atoms with Crippen LogP contribution in [-0.4, -0.2) is 16.8 Å². The van der Waals surface area contributed by atoms with Gasteiger partial charge in [0.1, 0.15) is 4.90 Å². The predicted molar refractivity (Wildman–Crippen MR) is 46.2 cm³/mol. The van der Waals surface area contributed by atoms with Crippen molar-refractivity contribution >= 4 is 20.7 Å². The summed E-state index contributed by atoms with van der Waals surface area (Å²) in [5, 5.41) is 4.33. The number of halogens is 4. The Morgan fingerprint density at radius 3 is 1.47 bits per heavy atom. The van der Waals surface area contributed by atoms with Crippen LogP contribution < -0.4 is 5.14 Å². The highest BCUT2D eigenvalue weighted by Crippen LogP contribution is 2.27. The first-order valence-corrected chi connectivity index (χ1v) is 6.34. The molecular formula is C6H3F4NO4S2. The van der Waals surface area contributed by atoms with Crippen molar-refractivity contribution < 1.29 is 34.4 Å². The molecule has 96 valence electrons. The minimum atomic E-state index is -5.08. The maximum atomic E-state index is 13.1. The van der Waals surface area contributed by atoms with Crippen molar-refractivity contribution in [3.05, 3.63) is 23.3 Å². The molecule has 1 aromatic carbocycles. The van der Waals surface area contributed by atoms with Crippen LogP contribution in [0.15, 0.2) is 9.79 Å². The molecule has 0 atom stereocenters. The van der Waals surface area contributed by atoms with E-state index in [4.69, 9.17) is 0 Å². The van der Waals surface area contributed by atoms with Crippen LogP contribution in [0.1, 0.15) is 0 Å². The lowest BCUT2D eigenvalue weighted by atomic mass is 10.3. The van der Waals surface area contributed by atoms with Crippen molar-refractivity contribution in [1.29, 1.82) is 0 Å². The van der Waals surface area contributed by atoms with Gasteiger partial charge in [-0.3, -0.25) is 0 Å². The molecule has 0 bridgehead atoms. The molecule has 0 aliphatic heterocycles. The molecule has 5 nitrogen and oxygen atoms in total. The monoisotopic (exact) mass is 293 g/mol. The third-order valence-electron chi connectivity index (χ3n) is 1.67. The zero-order valence-electron chi connectivity index (χ0n) is 7.58. The molecular weight excluding hydrogens is 290 g/mol. The third kappa shape index (κ3) is 2.25. The molecule has 0 saturated heterocycles. The van der Waals surface area contributed by atoms with E-state index in [1.54, 1.807) is 0 Å². The second kappa shape index (κ2) is 4.23. The molecule has 11 heteroatoms. The number of hydrogen-bond acceptors (Lipinski definition) is 4. The van der Waals surface area contributed by atoms with Crippen LogP contribution in [0.2, 0.25) is 0 Å². The fourth-order valence-electron chi connectivity index (χ4n) is 1.01. The van der Waals surface area contributed by atoms with E-state index < -0.39 is 53.8 Å². The summed E-state index contributed by atoms with van der Waals surface area (Å²) in [4.78, 5) is -3.96. The minimum absolute atomic E-state index is 1.90. The first-order chi connectivity index (χ1) is 7.59. The van der Waals surface area contributed by atoms with E-state index >= 15 is 0 Å². The maximum absolute atomic E-state index is 13.1. The van der Waals surface area contributed by atoms with Crippen molar-refractivity contribution in [2.75, 3.05) is 0 Å². The Kier molecular flexibility index (Phi) is 3.45. The van der Waals surface area contributed by atoms with Gasteiger partial charge in [-0.2, -0.15) is 0 Å². The number of primary sulfonamides is 1. The van der Waals surface area contributed by atoms with Gasteiger partial charge in [0.05, 0.1) is 0 Å². The summed E-state index contributed by atoms with van der Waals surface area (Å²) >= 11 is 0. The van der Waals surface area contributed by atoms with Gasteiger partial charge in [0.15, 0.2) is 38.9 Å². The molecule has 0 spiro atoms. The van der Waals surface area contributed by atoms with Crippen molar-refractivity contribution in [1.82, 2.24) is 0 Å². The van der Waals surface area contributed by atoms with E-state index in [0.29, 0.717) is 0 Å². The highest BCUT2D eigenvalue weighted by molar-refractivity contribution is 7.89. The summed E-state index contributed by atoms with van der Waals surface area (Å²) < 4.78 is 94.1. The lowest BCUT2D eigenvalue weighted by Gasteiger charge is -2.06. The fraction of sp³-hybridized carbons (Fsp3) is 0. The summed E-state index contributed by atoms with van der Waals surface area (Å²) in [7, 11) is -9.06. The topological polar surface area (TPSA) is 94.3 Å². The van der Waals surface area contributed by atoms with Gasteiger partial charge < -0.3 is 0 Å². The summed E-state index contributed by atoms with van der Waals surface area (Å²) in [6, 6.07) is 0. The van der Waals surface area contributed by atoms with Crippen molar-refractivity contribution in [2.45, 2.75) is 9.79 Å². The standard InChI is InChI=1S/C6H3F4NO4S2/c7-1-3(9)6(17(11,14)15)4(10)2(8)5(1)16(12)13/h16H,(H2,11,14,15). The lowest BCUT2D eigenvalue weighted by molar-refractivity contribution is 0.392. The minimum Gasteiger partial charge on any atom is -0.227 e. The second-order valence-corrected chi connectivity index (χ2v) is 5.20. The molecule has 0 radical (unpaired) electrons. The summed E-state index contributed by atoms with van der Waals surface area (Å²) in [5.41, 5.74) is 0. The number of benzene rings is 1. The van der Waals surface area contributed by atoms with E-state index in [1.165, 1.54) is 0 Å². The van der Waals surface area contributed by atoms with E-state index in [2.05, 4.69) is 5.14 Å². The van der Waals surface area contributed by atoms with Crippen LogP contribution >= 0.6 is 0 Å². The molecule has 0 fully saturated rings. The highest BCUT2D eigenvalue weighted by Gasteiger charge is 2.32.